The molecule has 1 aliphatic heterocycles. The van der Waals surface area contributed by atoms with Gasteiger partial charge in [0.15, 0.2) is 0 Å². The van der Waals surface area contributed by atoms with Crippen LogP contribution in [0.15, 0.2) is 48.5 Å². The smallest absolute Gasteiger partial charge is 0.273 e. The van der Waals surface area contributed by atoms with Crippen LogP contribution in [0.25, 0.3) is 11.3 Å². The average molecular weight is 421 g/mol. The first kappa shape index (κ1) is 20.9. The first-order valence-corrected chi connectivity index (χ1v) is 10.7. The number of aromatic amines is 1. The maximum Gasteiger partial charge on any atom is 0.273 e. The molecule has 2 aromatic carbocycles. The molecule has 3 N–H and O–H groups in total. The van der Waals surface area contributed by atoms with Crippen LogP contribution in [0.4, 0.5) is 0 Å². The molecule has 0 bridgehead atoms. The third-order valence-electron chi connectivity index (χ3n) is 5.54. The third-order valence-corrected chi connectivity index (χ3v) is 5.54. The summed E-state index contributed by atoms with van der Waals surface area (Å²) >= 11 is 0. The van der Waals surface area contributed by atoms with E-state index in [1.165, 1.54) is 0 Å². The number of para-hydroxylation sites is 1. The molecule has 162 valence electrons. The van der Waals surface area contributed by atoms with Crippen molar-refractivity contribution in [3.05, 3.63) is 65.4 Å². The number of ether oxygens (including phenoxy) is 1. The molecule has 1 aromatic heterocycles. The summed E-state index contributed by atoms with van der Waals surface area (Å²) in [5, 5.41) is 27.0. The van der Waals surface area contributed by atoms with Crippen LogP contribution in [0.3, 0.4) is 0 Å². The highest BCUT2D eigenvalue weighted by molar-refractivity contribution is 6.00. The Morgan fingerprint density at radius 2 is 1.90 bits per heavy atom. The van der Waals surface area contributed by atoms with Gasteiger partial charge in [-0.2, -0.15) is 5.10 Å². The molecule has 0 aliphatic carbocycles. The molecular weight excluding hydrogens is 394 g/mol. The Morgan fingerprint density at radius 1 is 1.13 bits per heavy atom. The van der Waals surface area contributed by atoms with E-state index in [1.54, 1.807) is 23.1 Å². The molecule has 2 heterocycles. The highest BCUT2D eigenvalue weighted by Gasteiger charge is 2.42. The summed E-state index contributed by atoms with van der Waals surface area (Å²) in [6, 6.07) is 14.3. The normalized spacial score (nSPS) is 15.4. The van der Waals surface area contributed by atoms with Crippen molar-refractivity contribution in [2.75, 3.05) is 19.8 Å². The highest BCUT2D eigenvalue weighted by atomic mass is 16.5. The fraction of sp³-hybridized carbons (Fsp3) is 0.333. The predicted molar refractivity (Wildman–Crippen MR) is 117 cm³/mol. The van der Waals surface area contributed by atoms with Gasteiger partial charge < -0.3 is 19.8 Å². The fourth-order valence-corrected chi connectivity index (χ4v) is 3.97. The number of nitrogens with one attached hydrogen (secondary N) is 1. The molecule has 0 radical (unpaired) electrons. The van der Waals surface area contributed by atoms with Crippen molar-refractivity contribution in [3.63, 3.8) is 0 Å². The lowest BCUT2D eigenvalue weighted by Crippen LogP contribution is -2.31. The summed E-state index contributed by atoms with van der Waals surface area (Å²) in [5.74, 6) is 0.735. The molecule has 7 heteroatoms. The SMILES string of the molecule is CCCCOc1ccc(C2c3c(-c4ccccc4O)n[nH]c3C(=O)N2CCCO)cc1. The van der Waals surface area contributed by atoms with E-state index in [4.69, 9.17) is 4.74 Å². The minimum Gasteiger partial charge on any atom is -0.507 e. The van der Waals surface area contributed by atoms with Crippen LogP contribution < -0.4 is 4.74 Å². The summed E-state index contributed by atoms with van der Waals surface area (Å²) in [7, 11) is 0. The lowest BCUT2D eigenvalue weighted by atomic mass is 9.95. The quantitative estimate of drug-likeness (QED) is 0.455. The summed E-state index contributed by atoms with van der Waals surface area (Å²) in [6.07, 6.45) is 2.54. The molecule has 1 aliphatic rings. The lowest BCUT2D eigenvalue weighted by molar-refractivity contribution is 0.0732. The van der Waals surface area contributed by atoms with Crippen LogP contribution in [0.5, 0.6) is 11.5 Å². The second kappa shape index (κ2) is 9.22. The zero-order valence-electron chi connectivity index (χ0n) is 17.5. The van der Waals surface area contributed by atoms with Gasteiger partial charge in [-0.25, -0.2) is 0 Å². The molecule has 1 amide bonds. The molecule has 1 unspecified atom stereocenters. The number of phenolic OH excluding ortho intramolecular Hbond substituents is 1. The van der Waals surface area contributed by atoms with Crippen molar-refractivity contribution in [3.8, 4) is 22.8 Å². The van der Waals surface area contributed by atoms with Crippen molar-refractivity contribution in [1.29, 1.82) is 0 Å². The van der Waals surface area contributed by atoms with E-state index in [1.807, 2.05) is 30.3 Å². The number of carbonyl (C=O) groups is 1. The topological polar surface area (TPSA) is 98.7 Å². The number of aromatic hydroxyl groups is 1. The van der Waals surface area contributed by atoms with Gasteiger partial charge in [0.2, 0.25) is 0 Å². The van der Waals surface area contributed by atoms with Gasteiger partial charge in [-0.15, -0.1) is 0 Å². The van der Waals surface area contributed by atoms with Gasteiger partial charge in [0.05, 0.1) is 12.6 Å². The van der Waals surface area contributed by atoms with Gasteiger partial charge >= 0.3 is 0 Å². The van der Waals surface area contributed by atoms with Gasteiger partial charge in [-0.05, 0) is 42.7 Å². The van der Waals surface area contributed by atoms with Gasteiger partial charge in [0.1, 0.15) is 22.9 Å². The van der Waals surface area contributed by atoms with Crippen molar-refractivity contribution in [1.82, 2.24) is 15.1 Å². The molecule has 1 atom stereocenters. The zero-order chi connectivity index (χ0) is 21.8. The molecule has 0 spiro atoms. The van der Waals surface area contributed by atoms with Crippen molar-refractivity contribution in [2.24, 2.45) is 0 Å². The van der Waals surface area contributed by atoms with Gasteiger partial charge in [-0.3, -0.25) is 9.89 Å². The summed E-state index contributed by atoms with van der Waals surface area (Å²) in [5.41, 5.74) is 3.21. The minimum atomic E-state index is -0.368. The third kappa shape index (κ3) is 4.01. The first-order valence-electron chi connectivity index (χ1n) is 10.7. The van der Waals surface area contributed by atoms with E-state index < -0.39 is 0 Å². The van der Waals surface area contributed by atoms with Crippen molar-refractivity contribution >= 4 is 5.91 Å². The molecule has 7 nitrogen and oxygen atoms in total. The number of aliphatic hydroxyl groups excluding tert-OH is 1. The zero-order valence-corrected chi connectivity index (χ0v) is 17.5. The minimum absolute atomic E-state index is 0.000772. The van der Waals surface area contributed by atoms with E-state index in [0.29, 0.717) is 36.5 Å². The van der Waals surface area contributed by atoms with Crippen LogP contribution in [-0.4, -0.2) is 51.0 Å². The van der Waals surface area contributed by atoms with Gasteiger partial charge in [-0.1, -0.05) is 37.6 Å². The Hall–Kier alpha value is -3.32. The molecular formula is C24H27N3O4. The van der Waals surface area contributed by atoms with E-state index >= 15 is 0 Å². The number of aromatic nitrogens is 2. The fourth-order valence-electron chi connectivity index (χ4n) is 3.97. The van der Waals surface area contributed by atoms with E-state index in [-0.39, 0.29) is 24.3 Å². The number of fused-ring (bicyclic) bond motifs is 1. The van der Waals surface area contributed by atoms with Gasteiger partial charge in [0, 0.05) is 24.3 Å². The molecule has 0 saturated heterocycles. The Balaban J connectivity index is 1.74. The number of H-pyrrole nitrogens is 1. The molecule has 0 saturated carbocycles. The number of carbonyl (C=O) groups excluding carboxylic acids is 1. The monoisotopic (exact) mass is 421 g/mol. The van der Waals surface area contributed by atoms with Crippen LogP contribution in [0.2, 0.25) is 0 Å². The summed E-state index contributed by atoms with van der Waals surface area (Å²) < 4.78 is 5.77. The number of unbranched alkanes of at least 4 members (excludes halogenated alkanes) is 1. The van der Waals surface area contributed by atoms with E-state index in [2.05, 4.69) is 17.1 Å². The predicted octanol–water partition coefficient (Wildman–Crippen LogP) is 3.89. The van der Waals surface area contributed by atoms with Crippen molar-refractivity contribution in [2.45, 2.75) is 32.2 Å². The maximum absolute atomic E-state index is 13.1. The Labute approximate surface area is 181 Å². The molecule has 31 heavy (non-hydrogen) atoms. The summed E-state index contributed by atoms with van der Waals surface area (Å²) in [4.78, 5) is 14.9. The number of benzene rings is 2. The number of nitrogens with zero attached hydrogens (tertiary/aromatic N) is 2. The number of hydrogen-bond acceptors (Lipinski definition) is 5. The number of aliphatic hydroxyl groups is 1. The maximum atomic E-state index is 13.1. The summed E-state index contributed by atoms with van der Waals surface area (Å²) in [6.45, 7) is 3.20. The first-order chi connectivity index (χ1) is 15.2. The van der Waals surface area contributed by atoms with Gasteiger partial charge in [0.25, 0.3) is 5.91 Å². The van der Waals surface area contributed by atoms with Crippen LogP contribution in [0.1, 0.15) is 53.8 Å². The molecule has 4 rings (SSSR count). The standard InChI is InChI=1S/C24H27N3O4/c1-2-3-15-31-17-11-9-16(10-12-17)23-20-21(18-7-4-5-8-19(18)29)25-26-22(20)24(30)27(23)13-6-14-28/h4-5,7-12,23,28-29H,2-3,6,13-15H2,1H3,(H,25,26). The number of hydrogen-bond donors (Lipinski definition) is 3. The van der Waals surface area contributed by atoms with Crippen LogP contribution >= 0.6 is 0 Å². The second-order valence-corrected chi connectivity index (χ2v) is 7.63. The average Bonchev–Trinajstić information content (AvgIpc) is 3.32. The number of rotatable bonds is 9. The van der Waals surface area contributed by atoms with Crippen molar-refractivity contribution < 1.29 is 19.7 Å². The van der Waals surface area contributed by atoms with Crippen LogP contribution in [0, 0.1) is 0 Å². The number of amides is 1. The second-order valence-electron chi connectivity index (χ2n) is 7.63. The lowest BCUT2D eigenvalue weighted by Gasteiger charge is -2.26. The van der Waals surface area contributed by atoms with Crippen LogP contribution in [-0.2, 0) is 0 Å². The Morgan fingerprint density at radius 3 is 2.61 bits per heavy atom. The van der Waals surface area contributed by atoms with E-state index in [9.17, 15) is 15.0 Å². The Bertz CT molecular complexity index is 1050. The molecule has 0 fully saturated rings. The largest absolute Gasteiger partial charge is 0.507 e. The Kier molecular flexibility index (Phi) is 6.23. The molecule has 3 aromatic rings. The highest BCUT2D eigenvalue weighted by Crippen LogP contribution is 2.44. The van der Waals surface area contributed by atoms with E-state index in [0.717, 1.165) is 29.7 Å². The number of phenols is 1.